The van der Waals surface area contributed by atoms with E-state index in [1.165, 1.54) is 12.4 Å². The number of nitrogens with zero attached hydrogens (tertiary/aromatic N) is 3. The van der Waals surface area contributed by atoms with Crippen LogP contribution < -0.4 is 10.1 Å². The van der Waals surface area contributed by atoms with Gasteiger partial charge < -0.3 is 10.1 Å². The lowest BCUT2D eigenvalue weighted by molar-refractivity contribution is -0.385. The first-order chi connectivity index (χ1) is 9.60. The summed E-state index contributed by atoms with van der Waals surface area (Å²) in [7, 11) is 0. The van der Waals surface area contributed by atoms with Crippen molar-refractivity contribution in [3.63, 3.8) is 0 Å². The molecule has 0 bridgehead atoms. The van der Waals surface area contributed by atoms with E-state index >= 15 is 0 Å². The second-order valence-electron chi connectivity index (χ2n) is 4.10. The maximum absolute atomic E-state index is 11.0. The normalized spacial score (nSPS) is 10.1. The Labute approximate surface area is 115 Å². The van der Waals surface area contributed by atoms with E-state index in [1.54, 1.807) is 25.1 Å². The summed E-state index contributed by atoms with van der Waals surface area (Å²) in [6, 6.07) is 6.35. The van der Waals surface area contributed by atoms with Gasteiger partial charge in [-0.15, -0.1) is 0 Å². The lowest BCUT2D eigenvalue weighted by Crippen LogP contribution is -2.00. The van der Waals surface area contributed by atoms with E-state index in [0.29, 0.717) is 12.4 Å². The second-order valence-corrected chi connectivity index (χ2v) is 4.10. The number of anilines is 1. The van der Waals surface area contributed by atoms with Crippen LogP contribution in [0.5, 0.6) is 11.6 Å². The van der Waals surface area contributed by atoms with E-state index < -0.39 is 4.92 Å². The Morgan fingerprint density at radius 3 is 2.85 bits per heavy atom. The van der Waals surface area contributed by atoms with E-state index in [2.05, 4.69) is 15.3 Å². The molecule has 1 aromatic heterocycles. The first-order valence-electron chi connectivity index (χ1n) is 6.09. The van der Waals surface area contributed by atoms with Crippen LogP contribution >= 0.6 is 0 Å². The van der Waals surface area contributed by atoms with Gasteiger partial charge in [-0.25, -0.2) is 9.97 Å². The van der Waals surface area contributed by atoms with Crippen molar-refractivity contribution in [1.82, 2.24) is 9.97 Å². The van der Waals surface area contributed by atoms with Crippen molar-refractivity contribution in [2.75, 3.05) is 11.9 Å². The van der Waals surface area contributed by atoms with Crippen molar-refractivity contribution in [2.24, 2.45) is 0 Å². The molecule has 0 radical (unpaired) electrons. The Bertz CT molecular complexity index is 631. The average molecular weight is 274 g/mol. The lowest BCUT2D eigenvalue weighted by atomic mass is 10.2. The minimum absolute atomic E-state index is 0.0892. The summed E-state index contributed by atoms with van der Waals surface area (Å²) in [6.45, 7) is 4.43. The standard InChI is InChI=1S/C13H14N4O3/c1-3-14-12-7-13(16-8-15-12)20-11-5-4-9(2)6-10(11)17(18)19/h4-8H,3H2,1-2H3,(H,14,15,16). The van der Waals surface area contributed by atoms with Gasteiger partial charge in [0.05, 0.1) is 4.92 Å². The highest BCUT2D eigenvalue weighted by atomic mass is 16.6. The number of nitro groups is 1. The number of benzene rings is 1. The predicted octanol–water partition coefficient (Wildman–Crippen LogP) is 2.92. The van der Waals surface area contributed by atoms with Crippen LogP contribution in [0.25, 0.3) is 0 Å². The molecule has 0 atom stereocenters. The minimum atomic E-state index is -0.477. The van der Waals surface area contributed by atoms with Crippen LogP contribution in [0.15, 0.2) is 30.6 Å². The molecule has 0 spiro atoms. The molecule has 7 nitrogen and oxygen atoms in total. The number of aryl methyl sites for hydroxylation is 1. The van der Waals surface area contributed by atoms with Gasteiger partial charge in [0.2, 0.25) is 11.6 Å². The van der Waals surface area contributed by atoms with Gasteiger partial charge in [0.25, 0.3) is 0 Å². The molecular weight excluding hydrogens is 260 g/mol. The van der Waals surface area contributed by atoms with Gasteiger partial charge in [0, 0.05) is 18.7 Å². The van der Waals surface area contributed by atoms with Crippen molar-refractivity contribution in [3.05, 3.63) is 46.3 Å². The quantitative estimate of drug-likeness (QED) is 0.666. The number of nitro benzene ring substituents is 1. The molecule has 0 unspecified atom stereocenters. The van der Waals surface area contributed by atoms with E-state index in [1.807, 2.05) is 6.92 Å². The first kappa shape index (κ1) is 13.7. The van der Waals surface area contributed by atoms with Crippen molar-refractivity contribution in [2.45, 2.75) is 13.8 Å². The van der Waals surface area contributed by atoms with Gasteiger partial charge in [-0.2, -0.15) is 0 Å². The summed E-state index contributed by atoms with van der Waals surface area (Å²) in [4.78, 5) is 18.5. The van der Waals surface area contributed by atoms with Gasteiger partial charge in [0.15, 0.2) is 0 Å². The number of nitrogens with one attached hydrogen (secondary N) is 1. The van der Waals surface area contributed by atoms with Gasteiger partial charge in [0.1, 0.15) is 12.1 Å². The topological polar surface area (TPSA) is 90.2 Å². The summed E-state index contributed by atoms with van der Waals surface area (Å²) >= 11 is 0. The molecule has 7 heteroatoms. The number of hydrogen-bond acceptors (Lipinski definition) is 6. The zero-order valence-electron chi connectivity index (χ0n) is 11.2. The molecule has 0 saturated heterocycles. The van der Waals surface area contributed by atoms with Crippen LogP contribution in [0.2, 0.25) is 0 Å². The maximum atomic E-state index is 11.0. The zero-order valence-corrected chi connectivity index (χ0v) is 11.2. The summed E-state index contributed by atoms with van der Waals surface area (Å²) in [5.41, 5.74) is 0.702. The molecule has 0 aliphatic heterocycles. The molecule has 20 heavy (non-hydrogen) atoms. The Balaban J connectivity index is 2.30. The van der Waals surface area contributed by atoms with Crippen LogP contribution in [-0.4, -0.2) is 21.4 Å². The van der Waals surface area contributed by atoms with E-state index in [9.17, 15) is 10.1 Å². The van der Waals surface area contributed by atoms with Crippen molar-refractivity contribution < 1.29 is 9.66 Å². The highest BCUT2D eigenvalue weighted by molar-refractivity contribution is 5.50. The molecule has 0 amide bonds. The Kier molecular flexibility index (Phi) is 4.09. The van der Waals surface area contributed by atoms with Crippen molar-refractivity contribution in [3.8, 4) is 11.6 Å². The summed E-state index contributed by atoms with van der Waals surface area (Å²) in [5, 5.41) is 14.0. The summed E-state index contributed by atoms with van der Waals surface area (Å²) < 4.78 is 5.48. The van der Waals surface area contributed by atoms with Gasteiger partial charge >= 0.3 is 5.69 Å². The fourth-order valence-electron chi connectivity index (χ4n) is 1.64. The van der Waals surface area contributed by atoms with Crippen LogP contribution in [-0.2, 0) is 0 Å². The monoisotopic (exact) mass is 274 g/mol. The van der Waals surface area contributed by atoms with Gasteiger partial charge in [-0.3, -0.25) is 10.1 Å². The van der Waals surface area contributed by atoms with Crippen LogP contribution in [0.3, 0.4) is 0 Å². The number of aromatic nitrogens is 2. The molecule has 0 saturated carbocycles. The molecule has 2 aromatic rings. The second kappa shape index (κ2) is 5.96. The first-order valence-corrected chi connectivity index (χ1v) is 6.09. The SMILES string of the molecule is CCNc1cc(Oc2ccc(C)cc2[N+](=O)[O-])ncn1. The smallest absolute Gasteiger partial charge is 0.311 e. The molecule has 104 valence electrons. The molecule has 0 aliphatic carbocycles. The minimum Gasteiger partial charge on any atom is -0.432 e. The number of rotatable bonds is 5. The molecule has 2 rings (SSSR count). The van der Waals surface area contributed by atoms with Crippen LogP contribution in [0.4, 0.5) is 11.5 Å². The molecule has 1 heterocycles. The number of ether oxygens (including phenoxy) is 1. The average Bonchev–Trinajstić information content (AvgIpc) is 2.41. The van der Waals surface area contributed by atoms with Crippen LogP contribution in [0, 0.1) is 17.0 Å². The summed E-state index contributed by atoms with van der Waals surface area (Å²) in [6.07, 6.45) is 1.34. The predicted molar refractivity (Wildman–Crippen MR) is 74.1 cm³/mol. The third kappa shape index (κ3) is 3.19. The highest BCUT2D eigenvalue weighted by Gasteiger charge is 2.16. The van der Waals surface area contributed by atoms with Crippen molar-refractivity contribution >= 4 is 11.5 Å². The highest BCUT2D eigenvalue weighted by Crippen LogP contribution is 2.31. The molecular formula is C13H14N4O3. The zero-order chi connectivity index (χ0) is 14.5. The van der Waals surface area contributed by atoms with Crippen molar-refractivity contribution in [1.29, 1.82) is 0 Å². The third-order valence-electron chi connectivity index (χ3n) is 2.53. The van der Waals surface area contributed by atoms with Crippen LogP contribution in [0.1, 0.15) is 12.5 Å². The Hall–Kier alpha value is -2.70. The van der Waals surface area contributed by atoms with Gasteiger partial charge in [-0.1, -0.05) is 6.07 Å². The summed E-state index contributed by atoms with van der Waals surface area (Å²) in [5.74, 6) is 1.01. The molecule has 1 N–H and O–H groups in total. The largest absolute Gasteiger partial charge is 0.432 e. The Morgan fingerprint density at radius 1 is 1.35 bits per heavy atom. The van der Waals surface area contributed by atoms with E-state index in [-0.39, 0.29) is 17.3 Å². The third-order valence-corrected chi connectivity index (χ3v) is 2.53. The Morgan fingerprint density at radius 2 is 2.15 bits per heavy atom. The maximum Gasteiger partial charge on any atom is 0.311 e. The van der Waals surface area contributed by atoms with E-state index in [4.69, 9.17) is 4.74 Å². The van der Waals surface area contributed by atoms with Gasteiger partial charge in [-0.05, 0) is 25.5 Å². The fraction of sp³-hybridized carbons (Fsp3) is 0.231. The fourth-order valence-corrected chi connectivity index (χ4v) is 1.64. The van der Waals surface area contributed by atoms with E-state index in [0.717, 1.165) is 5.56 Å². The number of hydrogen-bond donors (Lipinski definition) is 1. The molecule has 1 aromatic carbocycles. The molecule has 0 aliphatic rings. The lowest BCUT2D eigenvalue weighted by Gasteiger charge is -2.07. The molecule has 0 fully saturated rings.